The highest BCUT2D eigenvalue weighted by Crippen LogP contribution is 2.25. The van der Waals surface area contributed by atoms with Crippen molar-refractivity contribution in [2.75, 3.05) is 0 Å². The minimum Gasteiger partial charge on any atom is -0.232 e. The Morgan fingerprint density at radius 3 is 2.86 bits per heavy atom. The van der Waals surface area contributed by atoms with Crippen molar-refractivity contribution in [3.05, 3.63) is 40.9 Å². The van der Waals surface area contributed by atoms with Crippen molar-refractivity contribution in [3.8, 4) is 0 Å². The first-order valence-electron chi connectivity index (χ1n) is 4.11. The lowest BCUT2D eigenvalue weighted by Gasteiger charge is -1.96. The molecular formula is C10H9O2S2. The highest BCUT2D eigenvalue weighted by molar-refractivity contribution is 7.71. The molecule has 0 saturated carbocycles. The van der Waals surface area contributed by atoms with Crippen molar-refractivity contribution in [1.82, 2.24) is 0 Å². The quantitative estimate of drug-likeness (QED) is 0.795. The average molecular weight is 225 g/mol. The van der Waals surface area contributed by atoms with Crippen LogP contribution in [-0.2, 0) is 16.5 Å². The number of benzene rings is 1. The third-order valence-corrected chi connectivity index (χ3v) is 3.56. The van der Waals surface area contributed by atoms with Crippen LogP contribution >= 0.6 is 11.3 Å². The largest absolute Gasteiger partial charge is 0.232 e. The third-order valence-electron chi connectivity index (χ3n) is 2.06. The van der Waals surface area contributed by atoms with Gasteiger partial charge in [-0.15, -0.1) is 11.3 Å². The predicted octanol–water partition coefficient (Wildman–Crippen LogP) is 2.19. The van der Waals surface area contributed by atoms with Gasteiger partial charge >= 0.3 is 0 Å². The molecule has 1 aromatic heterocycles. The van der Waals surface area contributed by atoms with E-state index in [-0.39, 0.29) is 5.75 Å². The van der Waals surface area contributed by atoms with Crippen LogP contribution < -0.4 is 0 Å². The molecule has 1 heterocycles. The lowest BCUT2D eigenvalue weighted by Crippen LogP contribution is -1.85. The Bertz CT molecular complexity index is 530. The van der Waals surface area contributed by atoms with Gasteiger partial charge in [0.15, 0.2) is 0 Å². The summed E-state index contributed by atoms with van der Waals surface area (Å²) in [6.45, 7) is 3.90. The molecule has 73 valence electrons. The Morgan fingerprint density at radius 2 is 2.14 bits per heavy atom. The van der Waals surface area contributed by atoms with Crippen molar-refractivity contribution in [1.29, 1.82) is 0 Å². The second kappa shape index (κ2) is 3.71. The fourth-order valence-electron chi connectivity index (χ4n) is 1.41. The maximum atomic E-state index is 10.5. The van der Waals surface area contributed by atoms with Crippen LogP contribution in [0.5, 0.6) is 0 Å². The Balaban J connectivity index is 2.51. The number of hydrogen-bond donors (Lipinski definition) is 1. The summed E-state index contributed by atoms with van der Waals surface area (Å²) in [5.74, 6) is 0.119. The molecule has 1 radical (unpaired) electrons. The van der Waals surface area contributed by atoms with Crippen LogP contribution in [0.15, 0.2) is 23.6 Å². The Kier molecular flexibility index (Phi) is 2.56. The van der Waals surface area contributed by atoms with E-state index in [1.807, 2.05) is 23.6 Å². The zero-order valence-electron chi connectivity index (χ0n) is 7.40. The van der Waals surface area contributed by atoms with Gasteiger partial charge in [-0.1, -0.05) is 12.1 Å². The van der Waals surface area contributed by atoms with Gasteiger partial charge in [0.1, 0.15) is 10.7 Å². The molecule has 0 spiro atoms. The van der Waals surface area contributed by atoms with E-state index in [1.54, 1.807) is 11.3 Å². The number of fused-ring (bicyclic) bond motifs is 1. The van der Waals surface area contributed by atoms with Crippen LogP contribution in [-0.4, -0.2) is 8.42 Å². The Hall–Kier alpha value is -0.870. The van der Waals surface area contributed by atoms with E-state index in [2.05, 4.69) is 6.92 Å². The molecule has 0 aliphatic carbocycles. The molecule has 0 N–H and O–H groups in total. The smallest absolute Gasteiger partial charge is 0.144 e. The number of rotatable bonds is 2. The lowest BCUT2D eigenvalue weighted by molar-refractivity contribution is 0.614. The summed E-state index contributed by atoms with van der Waals surface area (Å²) < 4.78 is 21.1. The molecule has 0 amide bonds. The summed E-state index contributed by atoms with van der Waals surface area (Å²) in [5.41, 5.74) is 0.839. The van der Waals surface area contributed by atoms with Gasteiger partial charge in [-0.3, -0.25) is 0 Å². The molecule has 1 aromatic carbocycles. The second-order valence-electron chi connectivity index (χ2n) is 3.07. The molecular weight excluding hydrogens is 216 g/mol. The van der Waals surface area contributed by atoms with Crippen LogP contribution in [0.4, 0.5) is 0 Å². The van der Waals surface area contributed by atoms with Crippen molar-refractivity contribution >= 4 is 32.8 Å². The van der Waals surface area contributed by atoms with Gasteiger partial charge < -0.3 is 0 Å². The van der Waals surface area contributed by atoms with Gasteiger partial charge in [-0.2, -0.15) is 0 Å². The van der Waals surface area contributed by atoms with Crippen LogP contribution in [0.3, 0.4) is 0 Å². The zero-order valence-corrected chi connectivity index (χ0v) is 9.11. The molecule has 14 heavy (non-hydrogen) atoms. The van der Waals surface area contributed by atoms with Crippen LogP contribution in [0, 0.1) is 6.92 Å². The second-order valence-corrected chi connectivity index (χ2v) is 5.02. The molecule has 0 atom stereocenters. The minimum absolute atomic E-state index is 0.119. The Morgan fingerprint density at radius 1 is 1.36 bits per heavy atom. The van der Waals surface area contributed by atoms with Gasteiger partial charge in [-0.25, -0.2) is 8.42 Å². The first kappa shape index (κ1) is 9.68. The molecule has 2 nitrogen and oxygen atoms in total. The standard InChI is InChI=1S/C10H9O2S2/c1-7-10-3-2-8(6-14(11)12)4-9(10)5-13-7/h2-5,14H,1,6H2. The highest BCUT2D eigenvalue weighted by Gasteiger charge is 2.01. The molecule has 2 rings (SSSR count). The van der Waals surface area contributed by atoms with Gasteiger partial charge in [-0.05, 0) is 34.7 Å². The van der Waals surface area contributed by atoms with Crippen LogP contribution in [0.25, 0.3) is 10.8 Å². The molecule has 0 aliphatic heterocycles. The zero-order chi connectivity index (χ0) is 10.1. The molecule has 2 aromatic rings. The van der Waals surface area contributed by atoms with Crippen LogP contribution in [0.2, 0.25) is 0 Å². The van der Waals surface area contributed by atoms with E-state index in [0.29, 0.717) is 0 Å². The fourth-order valence-corrected chi connectivity index (χ4v) is 2.68. The third kappa shape index (κ3) is 1.81. The van der Waals surface area contributed by atoms with E-state index in [1.165, 1.54) is 0 Å². The SMILES string of the molecule is [CH2]c1scc2cc(C[SH](=O)=O)ccc12. The van der Waals surface area contributed by atoms with E-state index in [9.17, 15) is 8.42 Å². The normalized spacial score (nSPS) is 11.3. The first-order chi connectivity index (χ1) is 6.66. The highest BCUT2D eigenvalue weighted by atomic mass is 32.2. The van der Waals surface area contributed by atoms with Crippen molar-refractivity contribution in [2.45, 2.75) is 5.75 Å². The van der Waals surface area contributed by atoms with E-state index < -0.39 is 10.7 Å². The summed E-state index contributed by atoms with van der Waals surface area (Å²) in [4.78, 5) is 1.03. The molecule has 0 fully saturated rings. The van der Waals surface area contributed by atoms with Crippen LogP contribution in [0.1, 0.15) is 10.4 Å². The predicted molar refractivity (Wildman–Crippen MR) is 60.3 cm³/mol. The molecule has 0 saturated heterocycles. The van der Waals surface area contributed by atoms with Gasteiger partial charge in [0.2, 0.25) is 0 Å². The minimum atomic E-state index is -2.34. The topological polar surface area (TPSA) is 34.1 Å². The van der Waals surface area contributed by atoms with Gasteiger partial charge in [0.25, 0.3) is 0 Å². The first-order valence-corrected chi connectivity index (χ1v) is 6.35. The molecule has 0 aliphatic rings. The summed E-state index contributed by atoms with van der Waals surface area (Å²) in [7, 11) is -2.34. The average Bonchev–Trinajstić information content (AvgIpc) is 2.46. The Labute approximate surface area is 88.1 Å². The van der Waals surface area contributed by atoms with Gasteiger partial charge in [0, 0.05) is 4.88 Å². The molecule has 0 unspecified atom stereocenters. The van der Waals surface area contributed by atoms with Crippen molar-refractivity contribution in [2.24, 2.45) is 0 Å². The monoisotopic (exact) mass is 225 g/mol. The summed E-state index contributed by atoms with van der Waals surface area (Å²) in [6.07, 6.45) is 0. The van der Waals surface area contributed by atoms with Crippen molar-refractivity contribution < 1.29 is 8.42 Å². The molecule has 0 bridgehead atoms. The maximum Gasteiger partial charge on any atom is 0.144 e. The van der Waals surface area contributed by atoms with E-state index in [0.717, 1.165) is 21.2 Å². The lowest BCUT2D eigenvalue weighted by atomic mass is 10.1. The summed E-state index contributed by atoms with van der Waals surface area (Å²) in [5, 5.41) is 4.19. The summed E-state index contributed by atoms with van der Waals surface area (Å²) >= 11 is 1.58. The fraction of sp³-hybridized carbons (Fsp3) is 0.100. The molecule has 4 heteroatoms. The maximum absolute atomic E-state index is 10.5. The van der Waals surface area contributed by atoms with Gasteiger partial charge in [0.05, 0.1) is 5.75 Å². The van der Waals surface area contributed by atoms with Crippen molar-refractivity contribution in [3.63, 3.8) is 0 Å². The van der Waals surface area contributed by atoms with E-state index >= 15 is 0 Å². The van der Waals surface area contributed by atoms with E-state index in [4.69, 9.17) is 0 Å². The number of hydrogen-bond acceptors (Lipinski definition) is 3. The summed E-state index contributed by atoms with van der Waals surface area (Å²) in [6, 6.07) is 5.68. The number of thiophene rings is 1. The number of thiol groups is 1.